The van der Waals surface area contributed by atoms with Crippen molar-refractivity contribution in [2.45, 2.75) is 26.4 Å². The molecule has 2 aromatic heterocycles. The number of ether oxygens (including phenoxy) is 1. The van der Waals surface area contributed by atoms with E-state index in [1.165, 1.54) is 14.0 Å². The number of pyridine rings is 2. The van der Waals surface area contributed by atoms with Gasteiger partial charge < -0.3 is 15.0 Å². The minimum absolute atomic E-state index is 0.0586. The molecule has 0 fully saturated rings. The molecule has 8 heteroatoms. The minimum Gasteiger partial charge on any atom is -0.481 e. The van der Waals surface area contributed by atoms with E-state index < -0.39 is 11.7 Å². The first-order valence-corrected chi connectivity index (χ1v) is 8.54. The summed E-state index contributed by atoms with van der Waals surface area (Å²) in [4.78, 5) is 45.6. The number of Topliss-reactive ketones (excluding diaryl/α,β-unsaturated/α-hetero) is 1. The Kier molecular flexibility index (Phi) is 5.44. The summed E-state index contributed by atoms with van der Waals surface area (Å²) in [5.74, 6) is -1.06. The molecule has 0 unspecified atom stereocenters. The monoisotopic (exact) mass is 368 g/mol. The van der Waals surface area contributed by atoms with E-state index >= 15 is 0 Å². The van der Waals surface area contributed by atoms with Crippen molar-refractivity contribution < 1.29 is 19.1 Å². The first-order chi connectivity index (χ1) is 13.0. The van der Waals surface area contributed by atoms with E-state index in [0.29, 0.717) is 42.2 Å². The topological polar surface area (TPSA) is 101 Å². The van der Waals surface area contributed by atoms with Crippen LogP contribution in [0.1, 0.15) is 34.2 Å². The molecule has 3 rings (SSSR count). The fourth-order valence-corrected chi connectivity index (χ4v) is 2.88. The summed E-state index contributed by atoms with van der Waals surface area (Å²) in [6.45, 7) is 2.18. The van der Waals surface area contributed by atoms with E-state index in [0.717, 1.165) is 5.69 Å². The second-order valence-electron chi connectivity index (χ2n) is 6.19. The number of nitrogens with zero attached hydrogens (tertiary/aromatic N) is 3. The third-order valence-corrected chi connectivity index (χ3v) is 4.32. The quantitative estimate of drug-likeness (QED) is 0.729. The standard InChI is InChI=1S/C19H20N4O4/c1-12(24)17(25)21-10-13-9-15-16(22-18(13)27-2)11-23(19(15)26)8-6-14-5-3-4-7-20-14/h3-5,7,9H,6,8,10-11H2,1-2H3,(H,21,25). The highest BCUT2D eigenvalue weighted by molar-refractivity contribution is 6.35. The number of rotatable bonds is 7. The zero-order chi connectivity index (χ0) is 19.4. The summed E-state index contributed by atoms with van der Waals surface area (Å²) in [5, 5.41) is 2.50. The van der Waals surface area contributed by atoms with Crippen molar-refractivity contribution >= 4 is 17.6 Å². The summed E-state index contributed by atoms with van der Waals surface area (Å²) in [7, 11) is 1.47. The molecule has 27 heavy (non-hydrogen) atoms. The SMILES string of the molecule is COc1nc2c(cc1CNC(=O)C(C)=O)C(=O)N(CCc1ccccn1)C2. The molecular weight excluding hydrogens is 348 g/mol. The van der Waals surface area contributed by atoms with Gasteiger partial charge in [0.25, 0.3) is 11.8 Å². The number of fused-ring (bicyclic) bond motifs is 1. The molecule has 0 saturated heterocycles. The highest BCUT2D eigenvalue weighted by Gasteiger charge is 2.30. The Morgan fingerprint density at radius 3 is 2.81 bits per heavy atom. The molecule has 0 bridgehead atoms. The van der Waals surface area contributed by atoms with Gasteiger partial charge >= 0.3 is 0 Å². The number of ketones is 1. The number of amides is 2. The zero-order valence-electron chi connectivity index (χ0n) is 15.2. The van der Waals surface area contributed by atoms with Gasteiger partial charge in [0, 0.05) is 43.9 Å². The van der Waals surface area contributed by atoms with Crippen molar-refractivity contribution in [3.05, 3.63) is 53.0 Å². The van der Waals surface area contributed by atoms with E-state index in [9.17, 15) is 14.4 Å². The van der Waals surface area contributed by atoms with Crippen LogP contribution in [0.2, 0.25) is 0 Å². The number of carbonyl (C=O) groups excluding carboxylic acids is 3. The molecule has 0 saturated carbocycles. The lowest BCUT2D eigenvalue weighted by atomic mass is 10.1. The van der Waals surface area contributed by atoms with E-state index in [1.807, 2.05) is 18.2 Å². The first kappa shape index (κ1) is 18.5. The second-order valence-corrected chi connectivity index (χ2v) is 6.19. The van der Waals surface area contributed by atoms with Gasteiger partial charge in [0.05, 0.1) is 24.9 Å². The van der Waals surface area contributed by atoms with Gasteiger partial charge in [-0.25, -0.2) is 4.98 Å². The maximum absolute atomic E-state index is 12.7. The van der Waals surface area contributed by atoms with E-state index in [2.05, 4.69) is 15.3 Å². The Hall–Kier alpha value is -3.29. The van der Waals surface area contributed by atoms with Crippen molar-refractivity contribution in [3.63, 3.8) is 0 Å². The van der Waals surface area contributed by atoms with Gasteiger partial charge in [0.15, 0.2) is 0 Å². The highest BCUT2D eigenvalue weighted by Crippen LogP contribution is 2.27. The fourth-order valence-electron chi connectivity index (χ4n) is 2.88. The number of aromatic nitrogens is 2. The molecule has 0 aromatic carbocycles. The molecule has 3 heterocycles. The lowest BCUT2D eigenvalue weighted by molar-refractivity contribution is -0.136. The lowest BCUT2D eigenvalue weighted by Crippen LogP contribution is -2.29. The smallest absolute Gasteiger partial charge is 0.287 e. The zero-order valence-corrected chi connectivity index (χ0v) is 15.2. The molecule has 140 valence electrons. The van der Waals surface area contributed by atoms with Crippen molar-refractivity contribution in [1.82, 2.24) is 20.2 Å². The summed E-state index contributed by atoms with van der Waals surface area (Å²) in [6, 6.07) is 7.36. The van der Waals surface area contributed by atoms with Crippen LogP contribution in [-0.4, -0.2) is 46.1 Å². The Morgan fingerprint density at radius 2 is 2.15 bits per heavy atom. The van der Waals surface area contributed by atoms with Crippen LogP contribution in [0.15, 0.2) is 30.5 Å². The van der Waals surface area contributed by atoms with E-state index in [-0.39, 0.29) is 12.5 Å². The summed E-state index contributed by atoms with van der Waals surface area (Å²) >= 11 is 0. The Balaban J connectivity index is 1.73. The Morgan fingerprint density at radius 1 is 1.33 bits per heavy atom. The predicted molar refractivity (Wildman–Crippen MR) is 96.0 cm³/mol. The molecule has 2 amide bonds. The maximum Gasteiger partial charge on any atom is 0.287 e. The Labute approximate surface area is 156 Å². The number of methoxy groups -OCH3 is 1. The first-order valence-electron chi connectivity index (χ1n) is 8.54. The van der Waals surface area contributed by atoms with Gasteiger partial charge in [-0.2, -0.15) is 0 Å². The molecular formula is C19H20N4O4. The molecule has 0 spiro atoms. The number of hydrogen-bond donors (Lipinski definition) is 1. The van der Waals surface area contributed by atoms with E-state index in [1.54, 1.807) is 17.2 Å². The number of carbonyl (C=O) groups is 3. The van der Waals surface area contributed by atoms with Crippen LogP contribution in [0, 0.1) is 0 Å². The van der Waals surface area contributed by atoms with Crippen molar-refractivity contribution in [3.8, 4) is 5.88 Å². The molecule has 1 aliphatic heterocycles. The molecule has 8 nitrogen and oxygen atoms in total. The van der Waals surface area contributed by atoms with E-state index in [4.69, 9.17) is 4.74 Å². The van der Waals surface area contributed by atoms with Crippen LogP contribution in [0.3, 0.4) is 0 Å². The molecule has 0 radical (unpaired) electrons. The normalized spacial score (nSPS) is 12.7. The molecule has 1 aliphatic rings. The van der Waals surface area contributed by atoms with Gasteiger partial charge in [-0.1, -0.05) is 6.07 Å². The van der Waals surface area contributed by atoms with Crippen LogP contribution >= 0.6 is 0 Å². The summed E-state index contributed by atoms with van der Waals surface area (Å²) < 4.78 is 5.28. The minimum atomic E-state index is -0.694. The summed E-state index contributed by atoms with van der Waals surface area (Å²) in [6.07, 6.45) is 2.38. The molecule has 1 N–H and O–H groups in total. The van der Waals surface area contributed by atoms with Crippen molar-refractivity contribution in [2.24, 2.45) is 0 Å². The predicted octanol–water partition coefficient (Wildman–Crippen LogP) is 0.889. The van der Waals surface area contributed by atoms with Crippen LogP contribution in [0.25, 0.3) is 0 Å². The highest BCUT2D eigenvalue weighted by atomic mass is 16.5. The largest absolute Gasteiger partial charge is 0.481 e. The van der Waals surface area contributed by atoms with Crippen LogP contribution in [0.5, 0.6) is 5.88 Å². The van der Waals surface area contributed by atoms with Crippen molar-refractivity contribution in [1.29, 1.82) is 0 Å². The van der Waals surface area contributed by atoms with Crippen LogP contribution in [-0.2, 0) is 29.1 Å². The Bertz CT molecular complexity index is 883. The third kappa shape index (κ3) is 4.11. The van der Waals surface area contributed by atoms with Crippen molar-refractivity contribution in [2.75, 3.05) is 13.7 Å². The molecule has 2 aromatic rings. The van der Waals surface area contributed by atoms with Crippen LogP contribution in [0.4, 0.5) is 0 Å². The average Bonchev–Trinajstić information content (AvgIpc) is 2.99. The third-order valence-electron chi connectivity index (χ3n) is 4.32. The number of nitrogens with one attached hydrogen (secondary N) is 1. The van der Waals surface area contributed by atoms with Gasteiger partial charge in [0.1, 0.15) is 0 Å². The summed E-state index contributed by atoms with van der Waals surface area (Å²) in [5.41, 5.74) is 2.59. The maximum atomic E-state index is 12.7. The van der Waals surface area contributed by atoms with Crippen LogP contribution < -0.4 is 10.1 Å². The van der Waals surface area contributed by atoms with Gasteiger partial charge in [-0.05, 0) is 18.2 Å². The van der Waals surface area contributed by atoms with Gasteiger partial charge in [-0.3, -0.25) is 19.4 Å². The molecule has 0 atom stereocenters. The number of hydrogen-bond acceptors (Lipinski definition) is 6. The van der Waals surface area contributed by atoms with Gasteiger partial charge in [-0.15, -0.1) is 0 Å². The average molecular weight is 368 g/mol. The fraction of sp³-hybridized carbons (Fsp3) is 0.316. The molecule has 0 aliphatic carbocycles. The van der Waals surface area contributed by atoms with Gasteiger partial charge in [0.2, 0.25) is 11.7 Å². The lowest BCUT2D eigenvalue weighted by Gasteiger charge is -2.14. The second kappa shape index (κ2) is 7.94.